The molecule has 0 aromatic rings. The zero-order valence-electron chi connectivity index (χ0n) is 14.7. The smallest absolute Gasteiger partial charge is 0.469 e. The third-order valence-electron chi connectivity index (χ3n) is 2.76. The number of phosphoric ester groups is 1. The van der Waals surface area contributed by atoms with Crippen LogP contribution in [0.5, 0.6) is 0 Å². The van der Waals surface area contributed by atoms with Gasteiger partial charge in [-0.2, -0.15) is 0 Å². The molecule has 0 saturated carbocycles. The largest absolute Gasteiger partial charge is 0.480 e. The van der Waals surface area contributed by atoms with Gasteiger partial charge in [-0.1, -0.05) is 0 Å². The van der Waals surface area contributed by atoms with Crippen LogP contribution >= 0.6 is 7.82 Å². The fourth-order valence-electron chi connectivity index (χ4n) is 1.46. The van der Waals surface area contributed by atoms with Gasteiger partial charge in [-0.3, -0.25) is 28.5 Å². The lowest BCUT2D eigenvalue weighted by atomic mass is 10.3. The van der Waals surface area contributed by atoms with Crippen molar-refractivity contribution >= 4 is 37.4 Å². The maximum absolute atomic E-state index is 11.8. The van der Waals surface area contributed by atoms with E-state index in [0.717, 1.165) is 0 Å². The number of carboxylic acid groups (broad SMARTS) is 1. The number of phosphoric acid groups is 1. The molecule has 9 N–H and O–H groups in total. The molecule has 0 radical (unpaired) electrons. The fraction of sp³-hybridized carbons (Fsp3) is 0.583. The molecule has 0 spiro atoms. The summed E-state index contributed by atoms with van der Waals surface area (Å²) in [5.74, 6) is -4.77. The van der Waals surface area contributed by atoms with Crippen molar-refractivity contribution in [1.29, 1.82) is 0 Å². The second-order valence-corrected chi connectivity index (χ2v) is 6.54. The number of carbonyl (C=O) groups excluding carboxylic acids is 4. The quantitative estimate of drug-likeness (QED) is 0.138. The van der Waals surface area contributed by atoms with Crippen LogP contribution in [0.2, 0.25) is 0 Å². The monoisotopic (exact) mass is 427 g/mol. The Bertz CT molecular complexity index is 649. The van der Waals surface area contributed by atoms with Gasteiger partial charge in [0.1, 0.15) is 12.6 Å². The number of nitrogens with two attached hydrogens (primary N) is 1. The lowest BCUT2D eigenvalue weighted by Crippen LogP contribution is -2.52. The van der Waals surface area contributed by atoms with Crippen LogP contribution in [0.1, 0.15) is 6.92 Å². The number of hydrogen-bond donors (Lipinski definition) is 8. The van der Waals surface area contributed by atoms with Crippen molar-refractivity contribution in [2.45, 2.75) is 19.0 Å². The number of nitrogens with one attached hydrogen (secondary N) is 4. The van der Waals surface area contributed by atoms with Gasteiger partial charge in [0.2, 0.25) is 23.6 Å². The van der Waals surface area contributed by atoms with Crippen LogP contribution in [0, 0.1) is 0 Å². The molecule has 16 heteroatoms. The molecule has 0 heterocycles. The molecule has 160 valence electrons. The van der Waals surface area contributed by atoms with E-state index < -0.39 is 75.7 Å². The van der Waals surface area contributed by atoms with Crippen LogP contribution in [-0.4, -0.2) is 82.8 Å². The van der Waals surface area contributed by atoms with Crippen LogP contribution in [0.3, 0.4) is 0 Å². The van der Waals surface area contributed by atoms with Crippen molar-refractivity contribution in [3.8, 4) is 0 Å². The highest BCUT2D eigenvalue weighted by Crippen LogP contribution is 2.35. The van der Waals surface area contributed by atoms with Gasteiger partial charge in [0.15, 0.2) is 0 Å². The van der Waals surface area contributed by atoms with E-state index in [0.29, 0.717) is 0 Å². The second-order valence-electron chi connectivity index (χ2n) is 5.30. The van der Waals surface area contributed by atoms with Crippen LogP contribution in [0.25, 0.3) is 0 Å². The Morgan fingerprint density at radius 3 is 2.00 bits per heavy atom. The molecule has 0 aliphatic rings. The Hall–Kier alpha value is -2.58. The summed E-state index contributed by atoms with van der Waals surface area (Å²) in [6, 6.07) is -2.48. The molecule has 0 aliphatic heterocycles. The molecule has 15 nitrogen and oxygen atoms in total. The van der Waals surface area contributed by atoms with Crippen molar-refractivity contribution in [3.63, 3.8) is 0 Å². The van der Waals surface area contributed by atoms with Gasteiger partial charge in [0.25, 0.3) is 0 Å². The SMILES string of the molecule is C[C@H](N)C(=O)NCC(=O)NCC(=O)N[C@@H](COP(=O)(O)O)C(=O)NCC(=O)O. The van der Waals surface area contributed by atoms with E-state index in [1.54, 1.807) is 0 Å². The lowest BCUT2D eigenvalue weighted by molar-refractivity contribution is -0.138. The first-order valence-corrected chi connectivity index (χ1v) is 9.13. The summed E-state index contributed by atoms with van der Waals surface area (Å²) in [6.07, 6.45) is 0. The average Bonchev–Trinajstić information content (AvgIpc) is 2.58. The topological polar surface area (TPSA) is 246 Å². The Morgan fingerprint density at radius 2 is 1.50 bits per heavy atom. The molecule has 0 fully saturated rings. The summed E-state index contributed by atoms with van der Waals surface area (Å²) >= 11 is 0. The average molecular weight is 427 g/mol. The minimum absolute atomic E-state index is 0.461. The number of carbonyl (C=O) groups is 5. The van der Waals surface area contributed by atoms with Gasteiger partial charge in [0.05, 0.1) is 25.7 Å². The minimum Gasteiger partial charge on any atom is -0.480 e. The van der Waals surface area contributed by atoms with Crippen molar-refractivity contribution in [1.82, 2.24) is 21.3 Å². The summed E-state index contributed by atoms with van der Waals surface area (Å²) in [6.45, 7) is -1.48. The first kappa shape index (κ1) is 25.4. The zero-order valence-corrected chi connectivity index (χ0v) is 15.6. The van der Waals surface area contributed by atoms with Crippen molar-refractivity contribution in [2.24, 2.45) is 5.73 Å². The molecule has 28 heavy (non-hydrogen) atoms. The van der Waals surface area contributed by atoms with Crippen LogP contribution in [0.4, 0.5) is 0 Å². The standard InChI is InChI=1S/C12H22N5O10P/c1-6(13)11(22)15-2-8(18)14-3-9(19)17-7(5-27-28(24,25)26)12(23)16-4-10(20)21/h6-7H,2-5,13H2,1H3,(H,14,18)(H,15,22)(H,16,23)(H,17,19)(H,20,21)(H2,24,25,26)/t6-,7-/m0/s1. The van der Waals surface area contributed by atoms with Gasteiger partial charge in [-0.15, -0.1) is 0 Å². The zero-order chi connectivity index (χ0) is 21.9. The Kier molecular flexibility index (Phi) is 10.9. The molecule has 4 amide bonds. The highest BCUT2D eigenvalue weighted by atomic mass is 31.2. The van der Waals surface area contributed by atoms with E-state index in [1.807, 2.05) is 10.6 Å². The molecular formula is C12H22N5O10P. The van der Waals surface area contributed by atoms with E-state index in [4.69, 9.17) is 20.6 Å². The Balaban J connectivity index is 4.61. The molecular weight excluding hydrogens is 405 g/mol. The molecule has 0 aliphatic carbocycles. The number of amides is 4. The summed E-state index contributed by atoms with van der Waals surface area (Å²) < 4.78 is 14.9. The van der Waals surface area contributed by atoms with E-state index in [2.05, 4.69) is 15.2 Å². The molecule has 0 saturated heterocycles. The van der Waals surface area contributed by atoms with E-state index in [-0.39, 0.29) is 0 Å². The maximum Gasteiger partial charge on any atom is 0.469 e. The van der Waals surface area contributed by atoms with Crippen molar-refractivity contribution in [2.75, 3.05) is 26.2 Å². The number of rotatable bonds is 12. The molecule has 0 bridgehead atoms. The van der Waals surface area contributed by atoms with Gasteiger partial charge in [-0.25, -0.2) is 4.57 Å². The first-order chi connectivity index (χ1) is 12.8. The predicted molar refractivity (Wildman–Crippen MR) is 90.2 cm³/mol. The highest BCUT2D eigenvalue weighted by Gasteiger charge is 2.25. The van der Waals surface area contributed by atoms with Gasteiger partial charge in [-0.05, 0) is 6.92 Å². The van der Waals surface area contributed by atoms with Gasteiger partial charge < -0.3 is 41.9 Å². The normalized spacial score (nSPS) is 13.0. The molecule has 2 atom stereocenters. The lowest BCUT2D eigenvalue weighted by Gasteiger charge is -2.18. The van der Waals surface area contributed by atoms with Crippen molar-refractivity contribution < 1.29 is 48.0 Å². The molecule has 0 aromatic heterocycles. The van der Waals surface area contributed by atoms with Gasteiger partial charge in [0, 0.05) is 0 Å². The number of carboxylic acids is 1. The van der Waals surface area contributed by atoms with E-state index in [9.17, 15) is 28.5 Å². The Morgan fingerprint density at radius 1 is 0.964 bits per heavy atom. The van der Waals surface area contributed by atoms with Crippen LogP contribution in [0.15, 0.2) is 0 Å². The molecule has 0 rings (SSSR count). The summed E-state index contributed by atoms with van der Waals surface area (Å²) in [4.78, 5) is 74.1. The number of aliphatic carboxylic acids is 1. The van der Waals surface area contributed by atoms with Crippen molar-refractivity contribution in [3.05, 3.63) is 0 Å². The summed E-state index contributed by atoms with van der Waals surface area (Å²) in [7, 11) is -4.97. The fourth-order valence-corrected chi connectivity index (χ4v) is 1.80. The third kappa shape index (κ3) is 12.7. The van der Waals surface area contributed by atoms with Crippen LogP contribution < -0.4 is 27.0 Å². The van der Waals surface area contributed by atoms with E-state index in [1.165, 1.54) is 6.92 Å². The van der Waals surface area contributed by atoms with Gasteiger partial charge >= 0.3 is 13.8 Å². The highest BCUT2D eigenvalue weighted by molar-refractivity contribution is 7.46. The van der Waals surface area contributed by atoms with E-state index >= 15 is 0 Å². The second kappa shape index (κ2) is 12.0. The maximum atomic E-state index is 11.8. The third-order valence-corrected chi connectivity index (χ3v) is 3.24. The first-order valence-electron chi connectivity index (χ1n) is 7.60. The minimum atomic E-state index is -4.97. The summed E-state index contributed by atoms with van der Waals surface area (Å²) in [5.41, 5.74) is 5.28. The predicted octanol–water partition coefficient (Wildman–Crippen LogP) is -4.64. The summed E-state index contributed by atoms with van der Waals surface area (Å²) in [5, 5.41) is 16.7. The molecule has 0 unspecified atom stereocenters. The Labute approximate surface area is 158 Å². The molecule has 0 aromatic carbocycles. The number of hydrogen-bond acceptors (Lipinski definition) is 8. The van der Waals surface area contributed by atoms with Crippen LogP contribution in [-0.2, 0) is 33.1 Å².